The molecule has 0 radical (unpaired) electrons. The van der Waals surface area contributed by atoms with E-state index in [1.807, 2.05) is 21.6 Å². The second kappa shape index (κ2) is 9.85. The number of rotatable bonds is 3. The molecular formula is C5H14S2. The van der Waals surface area contributed by atoms with Crippen molar-refractivity contribution in [1.82, 2.24) is 0 Å². The fourth-order valence-corrected chi connectivity index (χ4v) is 1.50. The molecule has 0 atom stereocenters. The van der Waals surface area contributed by atoms with Crippen LogP contribution >= 0.6 is 21.6 Å². The van der Waals surface area contributed by atoms with Crippen molar-refractivity contribution in [2.45, 2.75) is 21.3 Å². The molecule has 7 heavy (non-hydrogen) atoms. The lowest BCUT2D eigenvalue weighted by atomic mass is 11.0. The lowest BCUT2D eigenvalue weighted by Crippen LogP contribution is -1.59. The normalized spacial score (nSPS) is 7.71. The van der Waals surface area contributed by atoms with Gasteiger partial charge in [0, 0.05) is 11.5 Å². The van der Waals surface area contributed by atoms with Crippen LogP contribution in [0.15, 0.2) is 0 Å². The van der Waals surface area contributed by atoms with Crippen molar-refractivity contribution in [2.75, 3.05) is 11.5 Å². The van der Waals surface area contributed by atoms with E-state index < -0.39 is 0 Å². The molecule has 0 saturated carbocycles. The van der Waals surface area contributed by atoms with E-state index in [-0.39, 0.29) is 7.43 Å². The lowest BCUT2D eigenvalue weighted by molar-refractivity contribution is 1.53. The van der Waals surface area contributed by atoms with Crippen molar-refractivity contribution in [3.05, 3.63) is 0 Å². The highest BCUT2D eigenvalue weighted by Gasteiger charge is 1.75. The average molecular weight is 138 g/mol. The Labute approximate surface area is 54.9 Å². The molecule has 0 fully saturated rings. The molecule has 0 aliphatic rings. The predicted molar refractivity (Wildman–Crippen MR) is 43.0 cm³/mol. The topological polar surface area (TPSA) is 0 Å². The molecular weight excluding hydrogens is 124 g/mol. The standard InChI is InChI=1S/C4H10S2.CH4/c1-3-5-6-4-2;/h3-4H2,1-2H3;1H4. The maximum absolute atomic E-state index is 2.17. The van der Waals surface area contributed by atoms with Crippen molar-refractivity contribution in [3.8, 4) is 0 Å². The maximum Gasteiger partial charge on any atom is 0.000844 e. The molecule has 0 aromatic carbocycles. The number of hydrogen-bond acceptors (Lipinski definition) is 2. The second-order valence-corrected chi connectivity index (χ2v) is 3.85. The van der Waals surface area contributed by atoms with E-state index in [4.69, 9.17) is 0 Å². The summed E-state index contributed by atoms with van der Waals surface area (Å²) in [6.45, 7) is 4.35. The minimum absolute atomic E-state index is 0. The summed E-state index contributed by atoms with van der Waals surface area (Å²) in [6, 6.07) is 0. The van der Waals surface area contributed by atoms with E-state index in [0.29, 0.717) is 0 Å². The van der Waals surface area contributed by atoms with Crippen LogP contribution in [0.5, 0.6) is 0 Å². The second-order valence-electron chi connectivity index (χ2n) is 0.813. The van der Waals surface area contributed by atoms with Crippen molar-refractivity contribution >= 4 is 21.6 Å². The molecule has 0 bridgehead atoms. The van der Waals surface area contributed by atoms with Gasteiger partial charge in [-0.25, -0.2) is 0 Å². The summed E-state index contributed by atoms with van der Waals surface area (Å²) in [5, 5.41) is 0. The van der Waals surface area contributed by atoms with Gasteiger partial charge in [-0.1, -0.05) is 42.9 Å². The zero-order valence-electron chi connectivity index (χ0n) is 4.23. The van der Waals surface area contributed by atoms with E-state index in [9.17, 15) is 0 Å². The Morgan fingerprint density at radius 2 is 1.29 bits per heavy atom. The highest BCUT2D eigenvalue weighted by atomic mass is 33.1. The van der Waals surface area contributed by atoms with Crippen molar-refractivity contribution in [1.29, 1.82) is 0 Å². The summed E-state index contributed by atoms with van der Waals surface area (Å²) in [6.07, 6.45) is 0. The lowest BCUT2D eigenvalue weighted by Gasteiger charge is -1.86. The molecule has 0 aromatic heterocycles. The van der Waals surface area contributed by atoms with Crippen LogP contribution in [0.2, 0.25) is 0 Å². The molecule has 46 valence electrons. The average Bonchev–Trinajstić information content (AvgIpc) is 1.61. The third kappa shape index (κ3) is 10.8. The van der Waals surface area contributed by atoms with Gasteiger partial charge in [0.15, 0.2) is 0 Å². The first-order valence-corrected chi connectivity index (χ1v) is 4.65. The zero-order chi connectivity index (χ0) is 4.83. The van der Waals surface area contributed by atoms with Crippen LogP contribution in [-0.2, 0) is 0 Å². The van der Waals surface area contributed by atoms with Gasteiger partial charge in [-0.05, 0) is 0 Å². The summed E-state index contributed by atoms with van der Waals surface area (Å²) in [7, 11) is 3.85. The highest BCUT2D eigenvalue weighted by molar-refractivity contribution is 8.76. The molecule has 0 spiro atoms. The Balaban J connectivity index is 0. The quantitative estimate of drug-likeness (QED) is 0.434. The Morgan fingerprint density at radius 1 is 1.00 bits per heavy atom. The first-order valence-electron chi connectivity index (χ1n) is 2.16. The summed E-state index contributed by atoms with van der Waals surface area (Å²) < 4.78 is 0. The molecule has 0 unspecified atom stereocenters. The fourth-order valence-electron chi connectivity index (χ4n) is 0.167. The molecule has 0 saturated heterocycles. The van der Waals surface area contributed by atoms with E-state index >= 15 is 0 Å². The van der Waals surface area contributed by atoms with Gasteiger partial charge < -0.3 is 0 Å². The number of hydrogen-bond donors (Lipinski definition) is 0. The SMILES string of the molecule is C.CCSSCC. The first kappa shape index (κ1) is 10.6. The van der Waals surface area contributed by atoms with Gasteiger partial charge in [-0.3, -0.25) is 0 Å². The largest absolute Gasteiger partial charge is 0.0945 e. The van der Waals surface area contributed by atoms with Gasteiger partial charge in [0.25, 0.3) is 0 Å². The third-order valence-corrected chi connectivity index (χ3v) is 2.87. The smallest absolute Gasteiger partial charge is 0.000844 e. The summed E-state index contributed by atoms with van der Waals surface area (Å²) >= 11 is 0. The Morgan fingerprint density at radius 3 is 1.43 bits per heavy atom. The van der Waals surface area contributed by atoms with Gasteiger partial charge in [0.2, 0.25) is 0 Å². The molecule has 0 heterocycles. The molecule has 2 heteroatoms. The van der Waals surface area contributed by atoms with Gasteiger partial charge in [-0.2, -0.15) is 0 Å². The van der Waals surface area contributed by atoms with Crippen molar-refractivity contribution in [2.24, 2.45) is 0 Å². The van der Waals surface area contributed by atoms with Crippen LogP contribution < -0.4 is 0 Å². The molecule has 0 N–H and O–H groups in total. The predicted octanol–water partition coefficient (Wildman–Crippen LogP) is 3.04. The minimum Gasteiger partial charge on any atom is -0.0945 e. The van der Waals surface area contributed by atoms with E-state index in [0.717, 1.165) is 0 Å². The van der Waals surface area contributed by atoms with Gasteiger partial charge in [0.05, 0.1) is 0 Å². The third-order valence-electron chi connectivity index (χ3n) is 0.319. The molecule has 0 rings (SSSR count). The van der Waals surface area contributed by atoms with Crippen LogP contribution in [0, 0.1) is 0 Å². The Hall–Kier alpha value is 0.700. The van der Waals surface area contributed by atoms with Gasteiger partial charge in [0.1, 0.15) is 0 Å². The molecule has 0 aliphatic carbocycles. The summed E-state index contributed by atoms with van der Waals surface area (Å²) in [5.74, 6) is 2.47. The molecule has 0 aromatic rings. The Kier molecular flexibility index (Phi) is 15.0. The van der Waals surface area contributed by atoms with Gasteiger partial charge in [-0.15, -0.1) is 0 Å². The monoisotopic (exact) mass is 138 g/mol. The maximum atomic E-state index is 2.17. The zero-order valence-corrected chi connectivity index (χ0v) is 5.86. The van der Waals surface area contributed by atoms with Gasteiger partial charge >= 0.3 is 0 Å². The summed E-state index contributed by atoms with van der Waals surface area (Å²) in [5.41, 5.74) is 0. The van der Waals surface area contributed by atoms with E-state index in [1.165, 1.54) is 11.5 Å². The van der Waals surface area contributed by atoms with Crippen molar-refractivity contribution in [3.63, 3.8) is 0 Å². The summed E-state index contributed by atoms with van der Waals surface area (Å²) in [4.78, 5) is 0. The Bertz CT molecular complexity index is 18.0. The fraction of sp³-hybridized carbons (Fsp3) is 1.00. The molecule has 0 nitrogen and oxygen atoms in total. The van der Waals surface area contributed by atoms with Crippen LogP contribution in [0.25, 0.3) is 0 Å². The molecule has 0 aliphatic heterocycles. The molecule has 0 amide bonds. The van der Waals surface area contributed by atoms with Crippen LogP contribution in [-0.4, -0.2) is 11.5 Å². The van der Waals surface area contributed by atoms with Crippen LogP contribution in [0.1, 0.15) is 21.3 Å². The van der Waals surface area contributed by atoms with Crippen LogP contribution in [0.3, 0.4) is 0 Å². The van der Waals surface area contributed by atoms with E-state index in [2.05, 4.69) is 13.8 Å². The minimum atomic E-state index is 0. The van der Waals surface area contributed by atoms with Crippen molar-refractivity contribution < 1.29 is 0 Å². The van der Waals surface area contributed by atoms with Crippen LogP contribution in [0.4, 0.5) is 0 Å². The van der Waals surface area contributed by atoms with E-state index in [1.54, 1.807) is 0 Å². The first-order chi connectivity index (χ1) is 2.91. The highest BCUT2D eigenvalue weighted by Crippen LogP contribution is 2.18.